The van der Waals surface area contributed by atoms with Crippen molar-refractivity contribution in [3.8, 4) is 5.75 Å². The number of amides is 1. The highest BCUT2D eigenvalue weighted by molar-refractivity contribution is 6.08. The van der Waals surface area contributed by atoms with E-state index >= 15 is 0 Å². The Kier molecular flexibility index (Phi) is 3.82. The van der Waals surface area contributed by atoms with Gasteiger partial charge >= 0.3 is 0 Å². The van der Waals surface area contributed by atoms with Crippen molar-refractivity contribution in [1.29, 1.82) is 0 Å². The monoisotopic (exact) mass is 442 g/mol. The number of rotatable bonds is 4. The van der Waals surface area contributed by atoms with Gasteiger partial charge in [-0.05, 0) is 62.5 Å². The summed E-state index contributed by atoms with van der Waals surface area (Å²) in [5, 5.41) is 9.78. The number of ether oxygens (including phenoxy) is 1. The molecule has 0 spiro atoms. The second kappa shape index (κ2) is 6.59. The van der Waals surface area contributed by atoms with E-state index in [4.69, 9.17) is 9.15 Å². The van der Waals surface area contributed by atoms with Crippen molar-refractivity contribution in [2.24, 2.45) is 17.3 Å². The molecule has 4 fully saturated rings. The molecule has 4 aromatic rings. The van der Waals surface area contributed by atoms with Crippen molar-refractivity contribution >= 4 is 33.5 Å². The maximum Gasteiger partial charge on any atom is 0.230 e. The first-order valence-corrected chi connectivity index (χ1v) is 11.7. The van der Waals surface area contributed by atoms with Crippen LogP contribution in [0.4, 0.5) is 5.69 Å². The number of methoxy groups -OCH3 is 1. The molecule has 8 rings (SSSR count). The molecule has 4 aliphatic carbocycles. The van der Waals surface area contributed by atoms with E-state index in [-0.39, 0.29) is 16.9 Å². The summed E-state index contributed by atoms with van der Waals surface area (Å²) < 4.78 is 13.8. The molecule has 2 aromatic carbocycles. The van der Waals surface area contributed by atoms with Crippen molar-refractivity contribution in [1.82, 2.24) is 14.8 Å². The number of furan rings is 1. The van der Waals surface area contributed by atoms with Gasteiger partial charge in [0.25, 0.3) is 0 Å². The predicted octanol–water partition coefficient (Wildman–Crippen LogP) is 5.12. The molecule has 4 bridgehead atoms. The SMILES string of the molecule is COc1cc2c(cc1NC(=O)C13C[C@@H]4C[C@@H](C1)CC(n1cncn1)(C4)C3)oc1ccccc12. The Morgan fingerprint density at radius 3 is 2.70 bits per heavy atom. The van der Waals surface area contributed by atoms with Crippen molar-refractivity contribution in [2.75, 3.05) is 12.4 Å². The molecule has 0 aliphatic heterocycles. The van der Waals surface area contributed by atoms with Gasteiger partial charge in [0.1, 0.15) is 29.6 Å². The number of anilines is 1. The van der Waals surface area contributed by atoms with E-state index in [0.29, 0.717) is 23.3 Å². The first kappa shape index (κ1) is 19.1. The smallest absolute Gasteiger partial charge is 0.230 e. The highest BCUT2D eigenvalue weighted by atomic mass is 16.5. The van der Waals surface area contributed by atoms with Crippen molar-refractivity contribution in [3.05, 3.63) is 49.1 Å². The summed E-state index contributed by atoms with van der Waals surface area (Å²) in [5.74, 6) is 1.86. The zero-order chi connectivity index (χ0) is 22.2. The second-order valence-corrected chi connectivity index (χ2v) is 10.4. The number of aromatic nitrogens is 3. The van der Waals surface area contributed by atoms with Crippen LogP contribution in [-0.2, 0) is 10.3 Å². The van der Waals surface area contributed by atoms with Gasteiger partial charge in [-0.25, -0.2) is 9.67 Å². The van der Waals surface area contributed by atoms with Gasteiger partial charge < -0.3 is 14.5 Å². The number of hydrogen-bond donors (Lipinski definition) is 1. The van der Waals surface area contributed by atoms with Gasteiger partial charge in [0.05, 0.1) is 23.8 Å². The molecule has 4 aliphatic rings. The minimum atomic E-state index is -0.385. The summed E-state index contributed by atoms with van der Waals surface area (Å²) >= 11 is 0. The Morgan fingerprint density at radius 1 is 1.12 bits per heavy atom. The third-order valence-electron chi connectivity index (χ3n) is 8.36. The fourth-order valence-corrected chi connectivity index (χ4v) is 7.47. The first-order valence-electron chi connectivity index (χ1n) is 11.7. The molecule has 0 saturated heterocycles. The number of benzene rings is 2. The molecule has 0 radical (unpaired) electrons. The van der Waals surface area contributed by atoms with Crippen LogP contribution in [0.25, 0.3) is 21.9 Å². The van der Waals surface area contributed by atoms with Crippen LogP contribution in [0.15, 0.2) is 53.5 Å². The highest BCUT2D eigenvalue weighted by Gasteiger charge is 2.61. The summed E-state index contributed by atoms with van der Waals surface area (Å²) in [6.07, 6.45) is 9.56. The number of hydrogen-bond acceptors (Lipinski definition) is 5. The average Bonchev–Trinajstić information content (AvgIpc) is 3.46. The topological polar surface area (TPSA) is 82.2 Å². The third kappa shape index (κ3) is 2.71. The Balaban J connectivity index is 1.26. The van der Waals surface area contributed by atoms with Gasteiger partial charge in [0.15, 0.2) is 0 Å². The van der Waals surface area contributed by atoms with Crippen molar-refractivity contribution < 1.29 is 13.9 Å². The molecule has 1 N–H and O–H groups in total. The van der Waals surface area contributed by atoms with Gasteiger partial charge in [-0.2, -0.15) is 5.10 Å². The van der Waals surface area contributed by atoms with E-state index < -0.39 is 0 Å². The van der Waals surface area contributed by atoms with E-state index in [9.17, 15) is 4.79 Å². The number of fused-ring (bicyclic) bond motifs is 3. The molecular formula is C26H26N4O3. The number of carbonyl (C=O) groups excluding carboxylic acids is 1. The lowest BCUT2D eigenvalue weighted by atomic mass is 9.46. The van der Waals surface area contributed by atoms with E-state index in [1.54, 1.807) is 13.4 Å². The number of carbonyl (C=O) groups is 1. The summed E-state index contributed by atoms with van der Waals surface area (Å²) in [7, 11) is 1.64. The summed E-state index contributed by atoms with van der Waals surface area (Å²) in [6.45, 7) is 0. The number of nitrogens with one attached hydrogen (secondary N) is 1. The highest BCUT2D eigenvalue weighted by Crippen LogP contribution is 2.64. The van der Waals surface area contributed by atoms with Gasteiger partial charge in [-0.1, -0.05) is 18.2 Å². The summed E-state index contributed by atoms with van der Waals surface area (Å²) in [5.41, 5.74) is 1.76. The largest absolute Gasteiger partial charge is 0.495 e. The zero-order valence-corrected chi connectivity index (χ0v) is 18.6. The fourth-order valence-electron chi connectivity index (χ4n) is 7.47. The van der Waals surface area contributed by atoms with Gasteiger partial charge in [-0.3, -0.25) is 4.79 Å². The van der Waals surface area contributed by atoms with Crippen LogP contribution < -0.4 is 10.1 Å². The minimum Gasteiger partial charge on any atom is -0.495 e. The molecule has 168 valence electrons. The molecule has 7 nitrogen and oxygen atoms in total. The Labute approximate surface area is 191 Å². The normalized spacial score (nSPS) is 30.2. The molecular weight excluding hydrogens is 416 g/mol. The van der Waals surface area contributed by atoms with Crippen LogP contribution in [0.5, 0.6) is 5.75 Å². The van der Waals surface area contributed by atoms with Crippen LogP contribution >= 0.6 is 0 Å². The predicted molar refractivity (Wildman–Crippen MR) is 124 cm³/mol. The maximum absolute atomic E-state index is 13.9. The fraction of sp³-hybridized carbons (Fsp3) is 0.423. The Bertz CT molecular complexity index is 1380. The number of para-hydroxylation sites is 1. The molecule has 7 heteroatoms. The van der Waals surface area contributed by atoms with E-state index in [0.717, 1.165) is 54.0 Å². The van der Waals surface area contributed by atoms with Gasteiger partial charge in [0.2, 0.25) is 5.91 Å². The molecule has 2 atom stereocenters. The number of nitrogens with zero attached hydrogens (tertiary/aromatic N) is 3. The Hall–Kier alpha value is -3.35. The Morgan fingerprint density at radius 2 is 1.94 bits per heavy atom. The lowest BCUT2D eigenvalue weighted by Crippen LogP contribution is -2.60. The third-order valence-corrected chi connectivity index (χ3v) is 8.36. The van der Waals surface area contributed by atoms with E-state index in [2.05, 4.69) is 15.4 Å². The summed E-state index contributed by atoms with van der Waals surface area (Å²) in [4.78, 5) is 18.1. The first-order chi connectivity index (χ1) is 16.1. The van der Waals surface area contributed by atoms with Gasteiger partial charge in [0, 0.05) is 16.8 Å². The molecule has 0 unspecified atom stereocenters. The average molecular weight is 443 g/mol. The molecule has 2 heterocycles. The maximum atomic E-state index is 13.9. The van der Waals surface area contributed by atoms with Crippen LogP contribution in [-0.4, -0.2) is 27.8 Å². The summed E-state index contributed by atoms with van der Waals surface area (Å²) in [6, 6.07) is 11.8. The standard InChI is InChI=1S/C26H26N4O3/c1-32-23-7-19-18-4-2-3-5-21(18)33-22(19)8-20(23)29-24(31)25-9-16-6-17(10-25)12-26(11-16,13-25)30-15-27-14-28-30/h2-5,7-8,14-17H,6,9-13H2,1H3,(H,29,31)/t16-,17-,25?,26?/m0/s1. The molecule has 1 amide bonds. The van der Waals surface area contributed by atoms with Crippen LogP contribution in [0.3, 0.4) is 0 Å². The van der Waals surface area contributed by atoms with E-state index in [1.807, 2.05) is 47.4 Å². The van der Waals surface area contributed by atoms with Crippen LogP contribution in [0, 0.1) is 17.3 Å². The van der Waals surface area contributed by atoms with Gasteiger partial charge in [-0.15, -0.1) is 0 Å². The second-order valence-electron chi connectivity index (χ2n) is 10.4. The van der Waals surface area contributed by atoms with Crippen LogP contribution in [0.2, 0.25) is 0 Å². The lowest BCUT2D eigenvalue weighted by Gasteiger charge is -2.60. The van der Waals surface area contributed by atoms with E-state index in [1.165, 1.54) is 6.42 Å². The quantitative estimate of drug-likeness (QED) is 0.474. The van der Waals surface area contributed by atoms with Crippen LogP contribution in [0.1, 0.15) is 38.5 Å². The molecule has 4 saturated carbocycles. The molecule has 2 aromatic heterocycles. The lowest BCUT2D eigenvalue weighted by molar-refractivity contribution is -0.150. The molecule has 33 heavy (non-hydrogen) atoms. The van der Waals surface area contributed by atoms with Crippen molar-refractivity contribution in [2.45, 2.75) is 44.1 Å². The van der Waals surface area contributed by atoms with Crippen molar-refractivity contribution in [3.63, 3.8) is 0 Å². The minimum absolute atomic E-state index is 0.0925. The zero-order valence-electron chi connectivity index (χ0n) is 18.6.